The van der Waals surface area contributed by atoms with Crippen LogP contribution in [-0.4, -0.2) is 15.4 Å². The molecule has 0 aliphatic rings. The van der Waals surface area contributed by atoms with E-state index in [0.717, 1.165) is 0 Å². The van der Waals surface area contributed by atoms with Gasteiger partial charge in [-0.2, -0.15) is 0 Å². The number of hydrogen-bond acceptors (Lipinski definition) is 1. The van der Waals surface area contributed by atoms with Gasteiger partial charge >= 0.3 is 0 Å². The Morgan fingerprint density at radius 2 is 1.50 bits per heavy atom. The minimum absolute atomic E-state index is 0.425. The Balaban J connectivity index is 4.30. The van der Waals surface area contributed by atoms with Crippen molar-refractivity contribution < 1.29 is 4.43 Å². The molecule has 12 heavy (non-hydrogen) atoms. The van der Waals surface area contributed by atoms with Crippen LogP contribution in [0.4, 0.5) is 0 Å². The van der Waals surface area contributed by atoms with Crippen LogP contribution in [0.2, 0.25) is 18.1 Å². The lowest BCUT2D eigenvalue weighted by molar-refractivity contribution is 0.355. The minimum Gasteiger partial charge on any atom is -0.420 e. The van der Waals surface area contributed by atoms with Gasteiger partial charge in [-0.15, -0.1) is 0 Å². The lowest BCUT2D eigenvalue weighted by Crippen LogP contribution is -2.39. The highest BCUT2D eigenvalue weighted by atomic mass is 28.4. The van der Waals surface area contributed by atoms with Crippen molar-refractivity contribution in [3.8, 4) is 0 Å². The Morgan fingerprint density at radius 1 is 1.08 bits per heavy atom. The molecule has 0 aromatic rings. The predicted octanol–water partition coefficient (Wildman–Crippen LogP) is 3.66. The summed E-state index contributed by atoms with van der Waals surface area (Å²) in [6.07, 6.45) is 0. The minimum atomic E-state index is -1.35. The average molecular weight is 188 g/mol. The highest BCUT2D eigenvalue weighted by molar-refractivity contribution is 6.73. The van der Waals surface area contributed by atoms with Crippen LogP contribution in [0.5, 0.6) is 0 Å². The summed E-state index contributed by atoms with van der Waals surface area (Å²) in [7, 11) is 0.541. The topological polar surface area (TPSA) is 9.23 Å². The first-order chi connectivity index (χ1) is 5.39. The van der Waals surface area contributed by atoms with E-state index in [2.05, 4.69) is 34.6 Å². The monoisotopic (exact) mass is 188 g/mol. The fourth-order valence-electron chi connectivity index (χ4n) is 1.83. The first-order valence-corrected chi connectivity index (χ1v) is 7.47. The molecular formula is C10H24OSi. The zero-order chi connectivity index (χ0) is 9.83. The largest absolute Gasteiger partial charge is 0.420 e. The van der Waals surface area contributed by atoms with Gasteiger partial charge in [-0.1, -0.05) is 34.6 Å². The molecular weight excluding hydrogens is 164 g/mol. The van der Waals surface area contributed by atoms with Crippen molar-refractivity contribution in [2.75, 3.05) is 7.11 Å². The summed E-state index contributed by atoms with van der Waals surface area (Å²) in [6, 6.07) is 3.78. The van der Waals surface area contributed by atoms with Gasteiger partial charge in [-0.05, 0) is 23.5 Å². The SMILES string of the molecule is CC[Si](CC)(CC(C)(C)C)OC. The third kappa shape index (κ3) is 3.72. The van der Waals surface area contributed by atoms with Gasteiger partial charge < -0.3 is 4.43 Å². The summed E-state index contributed by atoms with van der Waals surface area (Å²) in [5, 5.41) is 0. The van der Waals surface area contributed by atoms with Crippen molar-refractivity contribution >= 4 is 8.32 Å². The molecule has 0 fully saturated rings. The molecule has 0 N–H and O–H groups in total. The first-order valence-electron chi connectivity index (χ1n) is 4.94. The molecule has 0 rings (SSSR count). The second kappa shape index (κ2) is 4.42. The zero-order valence-electron chi connectivity index (χ0n) is 9.53. The second-order valence-electron chi connectivity index (χ2n) is 4.83. The molecule has 0 atom stereocenters. The Morgan fingerprint density at radius 3 is 1.58 bits per heavy atom. The van der Waals surface area contributed by atoms with Gasteiger partial charge in [0.15, 0.2) is 8.32 Å². The van der Waals surface area contributed by atoms with E-state index in [-0.39, 0.29) is 0 Å². The molecule has 0 saturated carbocycles. The van der Waals surface area contributed by atoms with Crippen LogP contribution < -0.4 is 0 Å². The van der Waals surface area contributed by atoms with E-state index < -0.39 is 8.32 Å². The molecule has 0 radical (unpaired) electrons. The normalized spacial score (nSPS) is 13.5. The van der Waals surface area contributed by atoms with Crippen LogP contribution in [0.1, 0.15) is 34.6 Å². The third-order valence-electron chi connectivity index (χ3n) is 2.57. The number of hydrogen-bond donors (Lipinski definition) is 0. The number of rotatable bonds is 4. The summed E-state index contributed by atoms with van der Waals surface area (Å²) in [5.41, 5.74) is 0.425. The maximum atomic E-state index is 5.75. The van der Waals surface area contributed by atoms with E-state index in [4.69, 9.17) is 4.43 Å². The zero-order valence-corrected chi connectivity index (χ0v) is 10.5. The van der Waals surface area contributed by atoms with Crippen molar-refractivity contribution in [2.24, 2.45) is 5.41 Å². The van der Waals surface area contributed by atoms with E-state index in [9.17, 15) is 0 Å². The lowest BCUT2D eigenvalue weighted by Gasteiger charge is -2.33. The fraction of sp³-hybridized carbons (Fsp3) is 1.00. The van der Waals surface area contributed by atoms with Crippen molar-refractivity contribution in [2.45, 2.75) is 52.8 Å². The quantitative estimate of drug-likeness (QED) is 0.612. The molecule has 0 amide bonds. The Hall–Kier alpha value is 0.177. The maximum Gasteiger partial charge on any atom is 0.192 e. The van der Waals surface area contributed by atoms with Gasteiger partial charge in [-0.25, -0.2) is 0 Å². The third-order valence-corrected chi connectivity index (χ3v) is 7.72. The van der Waals surface area contributed by atoms with Crippen LogP contribution in [0, 0.1) is 5.41 Å². The Bertz CT molecular complexity index is 114. The van der Waals surface area contributed by atoms with Gasteiger partial charge in [0.25, 0.3) is 0 Å². The van der Waals surface area contributed by atoms with Crippen LogP contribution in [0.25, 0.3) is 0 Å². The summed E-state index contributed by atoms with van der Waals surface area (Å²) in [5.74, 6) is 0. The van der Waals surface area contributed by atoms with Crippen molar-refractivity contribution in [1.82, 2.24) is 0 Å². The van der Waals surface area contributed by atoms with Crippen LogP contribution in [0.3, 0.4) is 0 Å². The highest BCUT2D eigenvalue weighted by Gasteiger charge is 2.34. The fourth-order valence-corrected chi connectivity index (χ4v) is 5.48. The standard InChI is InChI=1S/C10H24OSi/c1-7-12(8-2,11-6)9-10(3,4)5/h7-9H2,1-6H3. The van der Waals surface area contributed by atoms with Crippen molar-refractivity contribution in [1.29, 1.82) is 0 Å². The molecule has 0 aliphatic heterocycles. The van der Waals surface area contributed by atoms with Gasteiger partial charge in [0.2, 0.25) is 0 Å². The van der Waals surface area contributed by atoms with Crippen LogP contribution in [-0.2, 0) is 4.43 Å². The summed E-state index contributed by atoms with van der Waals surface area (Å²) in [4.78, 5) is 0. The van der Waals surface area contributed by atoms with Crippen LogP contribution >= 0.6 is 0 Å². The van der Waals surface area contributed by atoms with Crippen molar-refractivity contribution in [3.63, 3.8) is 0 Å². The summed E-state index contributed by atoms with van der Waals surface area (Å²) >= 11 is 0. The molecule has 0 aliphatic carbocycles. The molecule has 0 saturated heterocycles. The first kappa shape index (κ1) is 12.2. The average Bonchev–Trinajstić information content (AvgIpc) is 1.99. The molecule has 0 bridgehead atoms. The van der Waals surface area contributed by atoms with Gasteiger partial charge in [0.05, 0.1) is 0 Å². The molecule has 0 heterocycles. The Labute approximate surface area is 78.6 Å². The Kier molecular flexibility index (Phi) is 4.49. The van der Waals surface area contributed by atoms with Gasteiger partial charge in [0, 0.05) is 7.11 Å². The molecule has 74 valence electrons. The smallest absolute Gasteiger partial charge is 0.192 e. The maximum absolute atomic E-state index is 5.75. The van der Waals surface area contributed by atoms with Crippen LogP contribution in [0.15, 0.2) is 0 Å². The highest BCUT2D eigenvalue weighted by Crippen LogP contribution is 2.32. The van der Waals surface area contributed by atoms with E-state index in [0.29, 0.717) is 5.41 Å². The molecule has 0 spiro atoms. The van der Waals surface area contributed by atoms with E-state index in [1.54, 1.807) is 0 Å². The van der Waals surface area contributed by atoms with E-state index in [1.807, 2.05) is 7.11 Å². The molecule has 0 aromatic carbocycles. The molecule has 0 aromatic heterocycles. The second-order valence-corrected chi connectivity index (χ2v) is 9.37. The van der Waals surface area contributed by atoms with Gasteiger partial charge in [-0.3, -0.25) is 0 Å². The molecule has 2 heteroatoms. The molecule has 1 nitrogen and oxygen atoms in total. The molecule has 0 unspecified atom stereocenters. The predicted molar refractivity (Wildman–Crippen MR) is 58.0 cm³/mol. The summed E-state index contributed by atoms with van der Waals surface area (Å²) in [6.45, 7) is 11.5. The lowest BCUT2D eigenvalue weighted by atomic mass is 10.0. The van der Waals surface area contributed by atoms with E-state index in [1.165, 1.54) is 18.1 Å². The van der Waals surface area contributed by atoms with Crippen molar-refractivity contribution in [3.05, 3.63) is 0 Å². The van der Waals surface area contributed by atoms with Gasteiger partial charge in [0.1, 0.15) is 0 Å². The van der Waals surface area contributed by atoms with E-state index >= 15 is 0 Å². The summed E-state index contributed by atoms with van der Waals surface area (Å²) < 4.78 is 5.75.